The Labute approximate surface area is 119 Å². The van der Waals surface area contributed by atoms with Crippen LogP contribution in [0.5, 0.6) is 0 Å². The predicted molar refractivity (Wildman–Crippen MR) is 74.1 cm³/mol. The van der Waals surface area contributed by atoms with Crippen LogP contribution in [0.1, 0.15) is 46.5 Å². The third kappa shape index (κ3) is 5.19. The van der Waals surface area contributed by atoms with Crippen LogP contribution in [-0.4, -0.2) is 46.9 Å². The number of piperidine rings is 1. The molecule has 20 heavy (non-hydrogen) atoms. The molecule has 1 rings (SSSR count). The van der Waals surface area contributed by atoms with Crippen molar-refractivity contribution in [3.63, 3.8) is 0 Å². The summed E-state index contributed by atoms with van der Waals surface area (Å²) in [6.07, 6.45) is 1.31. The van der Waals surface area contributed by atoms with Crippen LogP contribution in [0.2, 0.25) is 0 Å². The number of nitrogens with one attached hydrogen (secondary N) is 1. The van der Waals surface area contributed by atoms with Gasteiger partial charge in [-0.25, -0.2) is 0 Å². The Morgan fingerprint density at radius 1 is 1.15 bits per heavy atom. The van der Waals surface area contributed by atoms with Crippen molar-refractivity contribution in [2.24, 2.45) is 5.41 Å². The largest absolute Gasteiger partial charge is 0.481 e. The lowest BCUT2D eigenvalue weighted by Crippen LogP contribution is -2.49. The topological polar surface area (TPSA) is 86.7 Å². The molecule has 0 aliphatic carbocycles. The van der Waals surface area contributed by atoms with Crippen LogP contribution in [0.25, 0.3) is 0 Å². The van der Waals surface area contributed by atoms with Crippen LogP contribution in [0.15, 0.2) is 0 Å². The number of carbonyl (C=O) groups excluding carboxylic acids is 2. The van der Waals surface area contributed by atoms with Crippen LogP contribution in [-0.2, 0) is 14.4 Å². The van der Waals surface area contributed by atoms with E-state index in [-0.39, 0.29) is 36.1 Å². The normalized spacial score (nSPS) is 16.9. The standard InChI is InChI=1S/C14H24N2O4/c1-14(2,3)13(20)16-8-6-10(7-9-16)15-11(17)4-5-12(18)19/h10H,4-9H2,1-3H3,(H,15,17)(H,18,19). The van der Waals surface area contributed by atoms with E-state index in [0.29, 0.717) is 13.1 Å². The first-order valence-corrected chi connectivity index (χ1v) is 7.00. The van der Waals surface area contributed by atoms with Crippen LogP contribution >= 0.6 is 0 Å². The molecule has 0 saturated carbocycles. The SMILES string of the molecule is CC(C)(C)C(=O)N1CCC(NC(=O)CCC(=O)O)CC1. The molecule has 0 spiro atoms. The van der Waals surface area contributed by atoms with Gasteiger partial charge in [0.25, 0.3) is 0 Å². The van der Waals surface area contributed by atoms with Gasteiger partial charge in [0, 0.05) is 31.0 Å². The lowest BCUT2D eigenvalue weighted by molar-refractivity contribution is -0.141. The number of hydrogen-bond acceptors (Lipinski definition) is 3. The summed E-state index contributed by atoms with van der Waals surface area (Å²) in [5.74, 6) is -1.06. The van der Waals surface area contributed by atoms with Crippen molar-refractivity contribution < 1.29 is 19.5 Å². The highest BCUT2D eigenvalue weighted by atomic mass is 16.4. The number of likely N-dealkylation sites (tertiary alicyclic amines) is 1. The Kier molecular flexibility index (Phi) is 5.53. The van der Waals surface area contributed by atoms with Crippen LogP contribution < -0.4 is 5.32 Å². The van der Waals surface area contributed by atoms with E-state index < -0.39 is 5.97 Å². The van der Waals surface area contributed by atoms with Crippen molar-refractivity contribution in [1.82, 2.24) is 10.2 Å². The van der Waals surface area contributed by atoms with Gasteiger partial charge in [-0.05, 0) is 12.8 Å². The second kappa shape index (κ2) is 6.72. The number of hydrogen-bond donors (Lipinski definition) is 2. The summed E-state index contributed by atoms with van der Waals surface area (Å²) in [7, 11) is 0. The molecule has 6 nitrogen and oxygen atoms in total. The highest BCUT2D eigenvalue weighted by Crippen LogP contribution is 2.21. The van der Waals surface area contributed by atoms with Crippen molar-refractivity contribution in [2.75, 3.05) is 13.1 Å². The minimum atomic E-state index is -0.967. The van der Waals surface area contributed by atoms with Gasteiger partial charge in [0.05, 0.1) is 6.42 Å². The highest BCUT2D eigenvalue weighted by molar-refractivity contribution is 5.82. The first kappa shape index (κ1) is 16.5. The molecule has 0 aromatic rings. The zero-order valence-electron chi connectivity index (χ0n) is 12.4. The molecule has 2 amide bonds. The van der Waals surface area contributed by atoms with Crippen LogP contribution in [0.4, 0.5) is 0 Å². The highest BCUT2D eigenvalue weighted by Gasteiger charge is 2.30. The molecule has 0 aromatic heterocycles. The average Bonchev–Trinajstić information content (AvgIpc) is 2.35. The molecule has 1 aliphatic rings. The van der Waals surface area contributed by atoms with Gasteiger partial charge in [-0.1, -0.05) is 20.8 Å². The van der Waals surface area contributed by atoms with E-state index in [1.165, 1.54) is 0 Å². The summed E-state index contributed by atoms with van der Waals surface area (Å²) in [4.78, 5) is 35.9. The molecule has 2 N–H and O–H groups in total. The van der Waals surface area contributed by atoms with E-state index in [9.17, 15) is 14.4 Å². The maximum Gasteiger partial charge on any atom is 0.303 e. The van der Waals surface area contributed by atoms with E-state index in [1.54, 1.807) is 0 Å². The van der Waals surface area contributed by atoms with Gasteiger partial charge in [-0.2, -0.15) is 0 Å². The maximum absolute atomic E-state index is 12.1. The predicted octanol–water partition coefficient (Wildman–Crippen LogP) is 1.00. The monoisotopic (exact) mass is 284 g/mol. The number of aliphatic carboxylic acids is 1. The molecule has 1 saturated heterocycles. The maximum atomic E-state index is 12.1. The number of carbonyl (C=O) groups is 3. The Morgan fingerprint density at radius 3 is 2.15 bits per heavy atom. The summed E-state index contributed by atoms with van der Waals surface area (Å²) in [5, 5.41) is 11.3. The summed E-state index contributed by atoms with van der Waals surface area (Å²) < 4.78 is 0. The summed E-state index contributed by atoms with van der Waals surface area (Å²) >= 11 is 0. The lowest BCUT2D eigenvalue weighted by atomic mass is 9.93. The smallest absolute Gasteiger partial charge is 0.303 e. The molecule has 1 aliphatic heterocycles. The fourth-order valence-corrected chi connectivity index (χ4v) is 2.22. The van der Waals surface area contributed by atoms with Crippen molar-refractivity contribution in [2.45, 2.75) is 52.5 Å². The number of amides is 2. The van der Waals surface area contributed by atoms with Crippen molar-refractivity contribution in [3.8, 4) is 0 Å². The quantitative estimate of drug-likeness (QED) is 0.806. The molecule has 0 aromatic carbocycles. The molecule has 6 heteroatoms. The van der Waals surface area contributed by atoms with Gasteiger partial charge in [-0.3, -0.25) is 14.4 Å². The molecule has 0 radical (unpaired) electrons. The third-order valence-electron chi connectivity index (χ3n) is 3.35. The number of rotatable bonds is 4. The molecular weight excluding hydrogens is 260 g/mol. The Hall–Kier alpha value is -1.59. The fourth-order valence-electron chi connectivity index (χ4n) is 2.22. The van der Waals surface area contributed by atoms with Crippen LogP contribution in [0, 0.1) is 5.41 Å². The van der Waals surface area contributed by atoms with E-state index in [2.05, 4.69) is 5.32 Å². The molecule has 1 fully saturated rings. The summed E-state index contributed by atoms with van der Waals surface area (Å²) in [6.45, 7) is 6.97. The lowest BCUT2D eigenvalue weighted by Gasteiger charge is -2.36. The summed E-state index contributed by atoms with van der Waals surface area (Å²) in [5.41, 5.74) is -0.377. The second-order valence-electron chi connectivity index (χ2n) is 6.28. The van der Waals surface area contributed by atoms with E-state index in [1.807, 2.05) is 25.7 Å². The molecule has 0 bridgehead atoms. The Balaban J connectivity index is 2.34. The molecule has 114 valence electrons. The Bertz CT molecular complexity index is 379. The average molecular weight is 284 g/mol. The van der Waals surface area contributed by atoms with Gasteiger partial charge in [0.2, 0.25) is 11.8 Å². The minimum absolute atomic E-state index is 0.0104. The zero-order valence-corrected chi connectivity index (χ0v) is 12.4. The van der Waals surface area contributed by atoms with Crippen molar-refractivity contribution >= 4 is 17.8 Å². The number of carboxylic acids is 1. The number of carboxylic acid groups (broad SMARTS) is 1. The van der Waals surface area contributed by atoms with Gasteiger partial charge in [0.15, 0.2) is 0 Å². The van der Waals surface area contributed by atoms with Crippen molar-refractivity contribution in [3.05, 3.63) is 0 Å². The first-order valence-electron chi connectivity index (χ1n) is 7.00. The summed E-state index contributed by atoms with van der Waals surface area (Å²) in [6, 6.07) is 0.0420. The molecule has 0 atom stereocenters. The molecule has 0 unspecified atom stereocenters. The van der Waals surface area contributed by atoms with E-state index in [4.69, 9.17) is 5.11 Å². The van der Waals surface area contributed by atoms with Gasteiger partial charge in [0.1, 0.15) is 0 Å². The first-order chi connectivity index (χ1) is 9.20. The minimum Gasteiger partial charge on any atom is -0.481 e. The van der Waals surface area contributed by atoms with Gasteiger partial charge in [-0.15, -0.1) is 0 Å². The second-order valence-corrected chi connectivity index (χ2v) is 6.28. The third-order valence-corrected chi connectivity index (χ3v) is 3.35. The van der Waals surface area contributed by atoms with E-state index in [0.717, 1.165) is 12.8 Å². The Morgan fingerprint density at radius 2 is 1.70 bits per heavy atom. The molecule has 1 heterocycles. The number of nitrogens with zero attached hydrogens (tertiary/aromatic N) is 1. The van der Waals surface area contributed by atoms with E-state index >= 15 is 0 Å². The van der Waals surface area contributed by atoms with Crippen LogP contribution in [0.3, 0.4) is 0 Å². The van der Waals surface area contributed by atoms with Gasteiger partial charge < -0.3 is 15.3 Å². The fraction of sp³-hybridized carbons (Fsp3) is 0.786. The molecular formula is C14H24N2O4. The zero-order chi connectivity index (χ0) is 15.3. The van der Waals surface area contributed by atoms with Crippen molar-refractivity contribution in [1.29, 1.82) is 0 Å². The van der Waals surface area contributed by atoms with Gasteiger partial charge >= 0.3 is 5.97 Å².